The Labute approximate surface area is 186 Å². The lowest BCUT2D eigenvalue weighted by Crippen LogP contribution is -2.37. The maximum atomic E-state index is 14.8. The summed E-state index contributed by atoms with van der Waals surface area (Å²) in [6, 6.07) is 3.49. The van der Waals surface area contributed by atoms with Gasteiger partial charge in [0.05, 0.1) is 13.2 Å². The van der Waals surface area contributed by atoms with Crippen LogP contribution in [0.15, 0.2) is 43.0 Å². The molecule has 0 saturated carbocycles. The van der Waals surface area contributed by atoms with Gasteiger partial charge in [0.15, 0.2) is 17.9 Å². The average Bonchev–Trinajstić information content (AvgIpc) is 2.80. The Balaban J connectivity index is 1.53. The van der Waals surface area contributed by atoms with Gasteiger partial charge in [0.2, 0.25) is 0 Å². The van der Waals surface area contributed by atoms with Gasteiger partial charge in [-0.3, -0.25) is 0 Å². The second-order valence-electron chi connectivity index (χ2n) is 8.75. The van der Waals surface area contributed by atoms with Crippen LogP contribution in [0.4, 0.5) is 8.78 Å². The molecule has 1 heterocycles. The second kappa shape index (κ2) is 12.3. The summed E-state index contributed by atoms with van der Waals surface area (Å²) < 4.78 is 41.3. The molecule has 2 aliphatic rings. The third kappa shape index (κ3) is 6.60. The molecule has 0 bridgehead atoms. The van der Waals surface area contributed by atoms with Crippen LogP contribution in [-0.4, -0.2) is 19.5 Å². The first-order valence-corrected chi connectivity index (χ1v) is 11.8. The van der Waals surface area contributed by atoms with Crippen molar-refractivity contribution in [2.24, 2.45) is 11.8 Å². The Bertz CT molecular complexity index is 776. The van der Waals surface area contributed by atoms with Crippen LogP contribution in [0.2, 0.25) is 0 Å². The Kier molecular flexibility index (Phi) is 9.48. The van der Waals surface area contributed by atoms with Crippen molar-refractivity contribution in [3.63, 3.8) is 0 Å². The SMILES string of the molecule is C=CCCCCc1ccc(C2=CCC(C3OCC(CCC=CC)CO3)CC2)c(F)c1F. The second-order valence-corrected chi connectivity index (χ2v) is 8.75. The molecule has 2 nitrogen and oxygen atoms in total. The lowest BCUT2D eigenvalue weighted by atomic mass is 9.85. The summed E-state index contributed by atoms with van der Waals surface area (Å²) in [6.07, 6.45) is 15.7. The van der Waals surface area contributed by atoms with E-state index in [0.717, 1.165) is 63.7 Å². The van der Waals surface area contributed by atoms with E-state index in [-0.39, 0.29) is 12.2 Å². The number of unbranched alkanes of at least 4 members (excludes halogenated alkanes) is 2. The molecule has 0 aromatic heterocycles. The molecule has 170 valence electrons. The number of hydrogen-bond acceptors (Lipinski definition) is 2. The summed E-state index contributed by atoms with van der Waals surface area (Å²) in [5, 5.41) is 0. The monoisotopic (exact) mass is 430 g/mol. The number of rotatable bonds is 10. The Morgan fingerprint density at radius 1 is 1.10 bits per heavy atom. The lowest BCUT2D eigenvalue weighted by Gasteiger charge is -2.35. The number of hydrogen-bond donors (Lipinski definition) is 0. The molecule has 0 amide bonds. The molecule has 0 radical (unpaired) electrons. The van der Waals surface area contributed by atoms with Crippen molar-refractivity contribution in [3.05, 3.63) is 65.8 Å². The van der Waals surface area contributed by atoms with Gasteiger partial charge >= 0.3 is 0 Å². The fraction of sp³-hybridized carbons (Fsp3) is 0.556. The fourth-order valence-corrected chi connectivity index (χ4v) is 4.48. The number of allylic oxidation sites excluding steroid dienone is 5. The first kappa shape index (κ1) is 23.9. The third-order valence-electron chi connectivity index (χ3n) is 6.42. The summed E-state index contributed by atoms with van der Waals surface area (Å²) >= 11 is 0. The van der Waals surface area contributed by atoms with E-state index in [1.807, 2.05) is 19.1 Å². The van der Waals surface area contributed by atoms with E-state index in [9.17, 15) is 8.78 Å². The predicted molar refractivity (Wildman–Crippen MR) is 123 cm³/mol. The molecule has 1 fully saturated rings. The quantitative estimate of drug-likeness (QED) is 0.284. The van der Waals surface area contributed by atoms with Crippen LogP contribution in [-0.2, 0) is 15.9 Å². The minimum absolute atomic E-state index is 0.185. The highest BCUT2D eigenvalue weighted by molar-refractivity contribution is 5.67. The standard InChI is InChI=1S/C27H36F2O2/c1-3-5-7-9-11-22-16-17-24(26(29)25(22)28)21-12-14-23(15-13-21)27-30-18-20(19-31-27)10-8-6-4-2/h3-4,6,12,16-17,20,23,27H,1,5,7-11,13-15,18-19H2,2H3. The number of halogens is 2. The van der Waals surface area contributed by atoms with Gasteiger partial charge in [-0.05, 0) is 75.8 Å². The van der Waals surface area contributed by atoms with Crippen molar-refractivity contribution in [1.29, 1.82) is 0 Å². The van der Waals surface area contributed by atoms with Crippen LogP contribution >= 0.6 is 0 Å². The van der Waals surface area contributed by atoms with E-state index in [1.165, 1.54) is 0 Å². The van der Waals surface area contributed by atoms with Gasteiger partial charge in [0.25, 0.3) is 0 Å². The molecular formula is C27H36F2O2. The molecule has 0 N–H and O–H groups in total. The van der Waals surface area contributed by atoms with Crippen molar-refractivity contribution in [2.45, 2.75) is 71.0 Å². The van der Waals surface area contributed by atoms with Crippen molar-refractivity contribution in [1.82, 2.24) is 0 Å². The van der Waals surface area contributed by atoms with Crippen LogP contribution in [0, 0.1) is 23.5 Å². The smallest absolute Gasteiger partial charge is 0.166 e. The maximum absolute atomic E-state index is 14.8. The van der Waals surface area contributed by atoms with E-state index in [0.29, 0.717) is 29.9 Å². The molecule has 1 aliphatic carbocycles. The van der Waals surface area contributed by atoms with Gasteiger partial charge in [-0.15, -0.1) is 6.58 Å². The van der Waals surface area contributed by atoms with Crippen molar-refractivity contribution in [3.8, 4) is 0 Å². The van der Waals surface area contributed by atoms with E-state index >= 15 is 0 Å². The molecule has 1 saturated heterocycles. The van der Waals surface area contributed by atoms with Crippen molar-refractivity contribution < 1.29 is 18.3 Å². The summed E-state index contributed by atoms with van der Waals surface area (Å²) in [7, 11) is 0. The molecule has 3 rings (SSSR count). The lowest BCUT2D eigenvalue weighted by molar-refractivity contribution is -0.225. The van der Waals surface area contributed by atoms with Gasteiger partial charge in [-0.25, -0.2) is 8.78 Å². The van der Waals surface area contributed by atoms with Gasteiger partial charge in [0, 0.05) is 17.4 Å². The Hall–Kier alpha value is -1.78. The number of ether oxygens (including phenoxy) is 2. The molecule has 31 heavy (non-hydrogen) atoms. The Morgan fingerprint density at radius 3 is 2.58 bits per heavy atom. The molecule has 1 atom stereocenters. The molecule has 1 aliphatic heterocycles. The van der Waals surface area contributed by atoms with E-state index in [4.69, 9.17) is 9.47 Å². The first-order valence-electron chi connectivity index (χ1n) is 11.8. The van der Waals surface area contributed by atoms with Crippen LogP contribution in [0.25, 0.3) is 5.57 Å². The Morgan fingerprint density at radius 2 is 1.90 bits per heavy atom. The first-order chi connectivity index (χ1) is 15.1. The van der Waals surface area contributed by atoms with Crippen LogP contribution in [0.1, 0.15) is 69.4 Å². The highest BCUT2D eigenvalue weighted by Gasteiger charge is 2.31. The molecule has 1 aromatic rings. The number of benzene rings is 1. The zero-order valence-corrected chi connectivity index (χ0v) is 18.8. The molecule has 4 heteroatoms. The minimum Gasteiger partial charge on any atom is -0.352 e. The third-order valence-corrected chi connectivity index (χ3v) is 6.42. The maximum Gasteiger partial charge on any atom is 0.166 e. The fourth-order valence-electron chi connectivity index (χ4n) is 4.48. The average molecular weight is 431 g/mol. The highest BCUT2D eigenvalue weighted by atomic mass is 19.2. The van der Waals surface area contributed by atoms with Crippen molar-refractivity contribution in [2.75, 3.05) is 13.2 Å². The van der Waals surface area contributed by atoms with Gasteiger partial charge in [-0.1, -0.05) is 36.4 Å². The highest BCUT2D eigenvalue weighted by Crippen LogP contribution is 2.36. The summed E-state index contributed by atoms with van der Waals surface area (Å²) in [4.78, 5) is 0. The van der Waals surface area contributed by atoms with E-state index in [1.54, 1.807) is 12.1 Å². The predicted octanol–water partition coefficient (Wildman–Crippen LogP) is 7.39. The van der Waals surface area contributed by atoms with Crippen LogP contribution < -0.4 is 0 Å². The van der Waals surface area contributed by atoms with Crippen LogP contribution in [0.3, 0.4) is 0 Å². The van der Waals surface area contributed by atoms with Gasteiger partial charge < -0.3 is 9.47 Å². The zero-order valence-electron chi connectivity index (χ0n) is 18.8. The number of aryl methyl sites for hydroxylation is 1. The van der Waals surface area contributed by atoms with Gasteiger partial charge in [-0.2, -0.15) is 0 Å². The summed E-state index contributed by atoms with van der Waals surface area (Å²) in [6.45, 7) is 7.21. The van der Waals surface area contributed by atoms with Crippen LogP contribution in [0.5, 0.6) is 0 Å². The summed E-state index contributed by atoms with van der Waals surface area (Å²) in [5.74, 6) is -0.672. The summed E-state index contributed by atoms with van der Waals surface area (Å²) in [5.41, 5.74) is 1.76. The largest absolute Gasteiger partial charge is 0.352 e. The zero-order chi connectivity index (χ0) is 22.1. The van der Waals surface area contributed by atoms with Gasteiger partial charge in [0.1, 0.15) is 0 Å². The van der Waals surface area contributed by atoms with Crippen molar-refractivity contribution >= 4 is 5.57 Å². The molecule has 0 spiro atoms. The molecular weight excluding hydrogens is 394 g/mol. The van der Waals surface area contributed by atoms with E-state index < -0.39 is 11.6 Å². The van der Waals surface area contributed by atoms with E-state index in [2.05, 4.69) is 18.7 Å². The normalized spacial score (nSPS) is 24.4. The topological polar surface area (TPSA) is 18.5 Å². The minimum atomic E-state index is -0.708. The molecule has 1 aromatic carbocycles. The molecule has 1 unspecified atom stereocenters.